The number of nitrogens with one attached hydrogen (secondary N) is 2. The van der Waals surface area contributed by atoms with Crippen LogP contribution in [0, 0.1) is 0 Å². The van der Waals surface area contributed by atoms with E-state index in [9.17, 15) is 14.4 Å². The van der Waals surface area contributed by atoms with Crippen LogP contribution in [-0.4, -0.2) is 67.1 Å². The van der Waals surface area contributed by atoms with Gasteiger partial charge in [0.25, 0.3) is 11.8 Å². The predicted molar refractivity (Wildman–Crippen MR) is 142 cm³/mol. The number of carboxylic acid groups (broad SMARTS) is 1. The van der Waals surface area contributed by atoms with Gasteiger partial charge in [0.05, 0.1) is 23.2 Å². The fourth-order valence-electron chi connectivity index (χ4n) is 4.42. The van der Waals surface area contributed by atoms with E-state index < -0.39 is 11.9 Å². The molecule has 1 saturated heterocycles. The largest absolute Gasteiger partial charge is 0.481 e. The number of carbonyl (C=O) groups is 3. The molecule has 4 rings (SSSR count). The molecule has 3 aromatic rings. The molecule has 1 fully saturated rings. The molecule has 0 bridgehead atoms. The Morgan fingerprint density at radius 3 is 2.16 bits per heavy atom. The summed E-state index contributed by atoms with van der Waals surface area (Å²) in [5.74, 6) is -1.79. The number of nitrogens with zero attached hydrogens (tertiary/aromatic N) is 3. The molecule has 3 N–H and O–H groups in total. The van der Waals surface area contributed by atoms with E-state index in [-0.39, 0.29) is 24.4 Å². The van der Waals surface area contributed by atoms with Gasteiger partial charge in [-0.2, -0.15) is 0 Å². The lowest BCUT2D eigenvalue weighted by atomic mass is 10.0. The fraction of sp³-hybridized carbons (Fsp3) is 0.286. The lowest BCUT2D eigenvalue weighted by molar-refractivity contribution is -0.136. The topological polar surface area (TPSA) is 115 Å². The Labute approximate surface area is 216 Å². The zero-order valence-corrected chi connectivity index (χ0v) is 20.6. The second-order valence-electron chi connectivity index (χ2n) is 8.77. The first-order chi connectivity index (χ1) is 18.0. The van der Waals surface area contributed by atoms with Crippen LogP contribution in [0.3, 0.4) is 0 Å². The van der Waals surface area contributed by atoms with Gasteiger partial charge in [0, 0.05) is 57.3 Å². The van der Waals surface area contributed by atoms with E-state index in [1.165, 1.54) is 0 Å². The van der Waals surface area contributed by atoms with Gasteiger partial charge in [-0.1, -0.05) is 36.4 Å². The number of aromatic nitrogens is 1. The second kappa shape index (κ2) is 12.5. The maximum absolute atomic E-state index is 13.5. The Morgan fingerprint density at radius 1 is 0.784 bits per heavy atom. The standard InChI is InChI=1S/C28H31N5O4/c34-25(35)12-16-30-27(36)23-7-4-8-24(26(23)28(37)31-15-9-21-5-2-1-3-6-21)33-19-17-32(18-20-33)22-10-13-29-14-11-22/h1-8,10-11,13-14H,9,12,15-20H2,(H,30,36)(H,31,37)(H,34,35). The molecule has 2 amide bonds. The molecular weight excluding hydrogens is 470 g/mol. The molecule has 0 saturated carbocycles. The summed E-state index contributed by atoms with van der Waals surface area (Å²) in [5.41, 5.74) is 3.44. The third-order valence-corrected chi connectivity index (χ3v) is 6.33. The minimum atomic E-state index is -1.00. The Kier molecular flexibility index (Phi) is 8.70. The van der Waals surface area contributed by atoms with Crippen LogP contribution in [0.25, 0.3) is 0 Å². The van der Waals surface area contributed by atoms with Crippen molar-refractivity contribution in [3.63, 3.8) is 0 Å². The molecule has 37 heavy (non-hydrogen) atoms. The first kappa shape index (κ1) is 25.7. The van der Waals surface area contributed by atoms with Gasteiger partial charge in [0.2, 0.25) is 0 Å². The van der Waals surface area contributed by atoms with Crippen LogP contribution in [0.4, 0.5) is 11.4 Å². The number of anilines is 2. The van der Waals surface area contributed by atoms with Gasteiger partial charge in [-0.3, -0.25) is 19.4 Å². The van der Waals surface area contributed by atoms with Crippen molar-refractivity contribution < 1.29 is 19.5 Å². The quantitative estimate of drug-likeness (QED) is 0.391. The van der Waals surface area contributed by atoms with Crippen molar-refractivity contribution in [2.75, 3.05) is 49.1 Å². The normalized spacial score (nSPS) is 13.2. The van der Waals surface area contributed by atoms with Crippen LogP contribution in [0.1, 0.15) is 32.7 Å². The van der Waals surface area contributed by atoms with E-state index in [0.29, 0.717) is 37.3 Å². The first-order valence-electron chi connectivity index (χ1n) is 12.4. The summed E-state index contributed by atoms with van der Waals surface area (Å²) in [4.78, 5) is 45.8. The number of pyridine rings is 1. The zero-order chi connectivity index (χ0) is 26.0. The fourth-order valence-corrected chi connectivity index (χ4v) is 4.42. The first-order valence-corrected chi connectivity index (χ1v) is 12.4. The molecule has 2 heterocycles. The second-order valence-corrected chi connectivity index (χ2v) is 8.77. The Balaban J connectivity index is 1.53. The van der Waals surface area contributed by atoms with Crippen molar-refractivity contribution in [3.8, 4) is 0 Å². The van der Waals surface area contributed by atoms with Gasteiger partial charge in [0.1, 0.15) is 0 Å². The van der Waals surface area contributed by atoms with Gasteiger partial charge in [-0.15, -0.1) is 0 Å². The molecule has 2 aromatic carbocycles. The predicted octanol–water partition coefficient (Wildman–Crippen LogP) is 2.59. The van der Waals surface area contributed by atoms with Gasteiger partial charge in [-0.25, -0.2) is 0 Å². The number of benzene rings is 2. The highest BCUT2D eigenvalue weighted by molar-refractivity contribution is 6.11. The maximum atomic E-state index is 13.5. The van der Waals surface area contributed by atoms with E-state index in [1.807, 2.05) is 48.5 Å². The van der Waals surface area contributed by atoms with Crippen molar-refractivity contribution in [1.82, 2.24) is 15.6 Å². The minimum Gasteiger partial charge on any atom is -0.481 e. The van der Waals surface area contributed by atoms with Crippen molar-refractivity contribution >= 4 is 29.2 Å². The van der Waals surface area contributed by atoms with Crippen LogP contribution < -0.4 is 20.4 Å². The summed E-state index contributed by atoms with van der Waals surface area (Å²) < 4.78 is 0. The smallest absolute Gasteiger partial charge is 0.305 e. The molecular formula is C28H31N5O4. The molecule has 0 aliphatic carbocycles. The maximum Gasteiger partial charge on any atom is 0.305 e. The number of amides is 2. The number of carboxylic acids is 1. The van der Waals surface area contributed by atoms with E-state index in [4.69, 9.17) is 5.11 Å². The molecule has 1 aromatic heterocycles. The van der Waals surface area contributed by atoms with Crippen LogP contribution in [-0.2, 0) is 11.2 Å². The van der Waals surface area contributed by atoms with Gasteiger partial charge in [0.15, 0.2) is 0 Å². The summed E-state index contributed by atoms with van der Waals surface area (Å²) in [6.45, 7) is 3.28. The van der Waals surface area contributed by atoms with Crippen LogP contribution in [0.15, 0.2) is 73.1 Å². The van der Waals surface area contributed by atoms with Crippen LogP contribution in [0.2, 0.25) is 0 Å². The molecule has 0 radical (unpaired) electrons. The zero-order valence-electron chi connectivity index (χ0n) is 20.6. The summed E-state index contributed by atoms with van der Waals surface area (Å²) in [5, 5.41) is 14.5. The number of carbonyl (C=O) groups excluding carboxylic acids is 2. The third kappa shape index (κ3) is 6.84. The monoisotopic (exact) mass is 501 g/mol. The number of rotatable bonds is 10. The Hall–Kier alpha value is -4.40. The Bertz CT molecular complexity index is 1210. The highest BCUT2D eigenvalue weighted by atomic mass is 16.4. The van der Waals surface area contributed by atoms with Crippen molar-refractivity contribution in [2.24, 2.45) is 0 Å². The number of hydrogen-bond donors (Lipinski definition) is 3. The minimum absolute atomic E-state index is 0.0158. The van der Waals surface area contributed by atoms with Gasteiger partial charge in [-0.05, 0) is 36.2 Å². The highest BCUT2D eigenvalue weighted by Crippen LogP contribution is 2.27. The van der Waals surface area contributed by atoms with E-state index >= 15 is 0 Å². The molecule has 1 aliphatic heterocycles. The van der Waals surface area contributed by atoms with Crippen molar-refractivity contribution in [2.45, 2.75) is 12.8 Å². The summed E-state index contributed by atoms with van der Waals surface area (Å²) in [7, 11) is 0. The van der Waals surface area contributed by atoms with Gasteiger partial charge >= 0.3 is 5.97 Å². The highest BCUT2D eigenvalue weighted by Gasteiger charge is 2.26. The van der Waals surface area contributed by atoms with Crippen LogP contribution in [0.5, 0.6) is 0 Å². The van der Waals surface area contributed by atoms with Crippen molar-refractivity contribution in [3.05, 3.63) is 89.7 Å². The Morgan fingerprint density at radius 2 is 1.46 bits per heavy atom. The molecule has 9 heteroatoms. The SMILES string of the molecule is O=C(O)CCNC(=O)c1cccc(N2CCN(c3ccncc3)CC2)c1C(=O)NCCc1ccccc1. The van der Waals surface area contributed by atoms with E-state index in [1.54, 1.807) is 24.5 Å². The lowest BCUT2D eigenvalue weighted by Crippen LogP contribution is -2.47. The third-order valence-electron chi connectivity index (χ3n) is 6.33. The number of hydrogen-bond acceptors (Lipinski definition) is 6. The van der Waals surface area contributed by atoms with Crippen LogP contribution >= 0.6 is 0 Å². The summed E-state index contributed by atoms with van der Waals surface area (Å²) >= 11 is 0. The molecule has 0 spiro atoms. The molecule has 0 atom stereocenters. The average molecular weight is 502 g/mol. The molecule has 9 nitrogen and oxygen atoms in total. The summed E-state index contributed by atoms with van der Waals surface area (Å²) in [6.07, 6.45) is 4.01. The van der Waals surface area contributed by atoms with E-state index in [2.05, 4.69) is 25.4 Å². The van der Waals surface area contributed by atoms with E-state index in [0.717, 1.165) is 24.3 Å². The molecule has 192 valence electrons. The molecule has 0 unspecified atom stereocenters. The summed E-state index contributed by atoms with van der Waals surface area (Å²) in [6, 6.07) is 19.1. The lowest BCUT2D eigenvalue weighted by Gasteiger charge is -2.38. The number of piperazine rings is 1. The number of aliphatic carboxylic acids is 1. The molecule has 1 aliphatic rings. The average Bonchev–Trinajstić information content (AvgIpc) is 2.93. The van der Waals surface area contributed by atoms with Gasteiger partial charge < -0.3 is 25.5 Å². The van der Waals surface area contributed by atoms with Crippen molar-refractivity contribution in [1.29, 1.82) is 0 Å².